The lowest BCUT2D eigenvalue weighted by Crippen LogP contribution is -2.01. The van der Waals surface area contributed by atoms with Crippen LogP contribution in [0.15, 0.2) is 22.7 Å². The number of benzene rings is 1. The van der Waals surface area contributed by atoms with Gasteiger partial charge in [-0.2, -0.15) is 0 Å². The second-order valence-electron chi connectivity index (χ2n) is 2.34. The maximum absolute atomic E-state index is 13.0. The van der Waals surface area contributed by atoms with Crippen molar-refractivity contribution in [1.82, 2.24) is 0 Å². The lowest BCUT2D eigenvalue weighted by molar-refractivity contribution is 0.197. The molecule has 12 heavy (non-hydrogen) atoms. The molecule has 0 aliphatic heterocycles. The van der Waals surface area contributed by atoms with Gasteiger partial charge in [-0.05, 0) is 18.2 Å². The van der Waals surface area contributed by atoms with Gasteiger partial charge in [0.1, 0.15) is 5.82 Å². The highest BCUT2D eigenvalue weighted by Gasteiger charge is 2.11. The molecule has 1 unspecified atom stereocenters. The summed E-state index contributed by atoms with van der Waals surface area (Å²) in [5.74, 6) is -0.445. The molecule has 0 fully saturated rings. The van der Waals surface area contributed by atoms with Crippen LogP contribution < -0.4 is 0 Å². The molecule has 0 aromatic heterocycles. The minimum atomic E-state index is -0.941. The van der Waals surface area contributed by atoms with E-state index in [9.17, 15) is 9.50 Å². The normalized spacial score (nSPS) is 13.0. The van der Waals surface area contributed by atoms with Gasteiger partial charge in [0.2, 0.25) is 0 Å². The summed E-state index contributed by atoms with van der Waals surface area (Å²) in [5.41, 5.74) is 0.222. The Bertz CT molecular complexity index is 280. The summed E-state index contributed by atoms with van der Waals surface area (Å²) in [7, 11) is 0. The first kappa shape index (κ1) is 9.96. The molecule has 0 heterocycles. The molecule has 0 aliphatic carbocycles. The van der Waals surface area contributed by atoms with Crippen LogP contribution in [0.1, 0.15) is 11.7 Å². The SMILES string of the molecule is OC(CCl)c1cc(Br)ccc1F. The molecule has 66 valence electrons. The molecule has 0 radical (unpaired) electrons. The second-order valence-corrected chi connectivity index (χ2v) is 3.56. The topological polar surface area (TPSA) is 20.2 Å². The average Bonchev–Trinajstić information content (AvgIpc) is 2.08. The van der Waals surface area contributed by atoms with E-state index in [0.717, 1.165) is 4.47 Å². The second kappa shape index (κ2) is 4.21. The third-order valence-corrected chi connectivity index (χ3v) is 2.25. The summed E-state index contributed by atoms with van der Waals surface area (Å²) in [5, 5.41) is 9.24. The Hall–Kier alpha value is -0.120. The summed E-state index contributed by atoms with van der Waals surface area (Å²) in [6, 6.07) is 4.37. The van der Waals surface area contributed by atoms with E-state index in [1.54, 1.807) is 6.07 Å². The largest absolute Gasteiger partial charge is 0.387 e. The fraction of sp³-hybridized carbons (Fsp3) is 0.250. The minimum absolute atomic E-state index is 0.00657. The van der Waals surface area contributed by atoms with E-state index in [2.05, 4.69) is 15.9 Å². The van der Waals surface area contributed by atoms with Crippen LogP contribution in [0.5, 0.6) is 0 Å². The van der Waals surface area contributed by atoms with Crippen molar-refractivity contribution >= 4 is 27.5 Å². The van der Waals surface area contributed by atoms with Crippen molar-refractivity contribution in [3.63, 3.8) is 0 Å². The standard InChI is InChI=1S/C8H7BrClFO/c9-5-1-2-7(11)6(3-5)8(12)4-10/h1-3,8,12H,4H2. The molecular weight excluding hydrogens is 246 g/mol. The zero-order valence-electron chi connectivity index (χ0n) is 6.10. The highest BCUT2D eigenvalue weighted by atomic mass is 79.9. The van der Waals surface area contributed by atoms with Crippen LogP contribution >= 0.6 is 27.5 Å². The van der Waals surface area contributed by atoms with E-state index >= 15 is 0 Å². The van der Waals surface area contributed by atoms with Crippen LogP contribution in [0.3, 0.4) is 0 Å². The fourth-order valence-electron chi connectivity index (χ4n) is 0.853. The van der Waals surface area contributed by atoms with Crippen molar-refractivity contribution in [2.45, 2.75) is 6.10 Å². The van der Waals surface area contributed by atoms with Crippen molar-refractivity contribution < 1.29 is 9.50 Å². The predicted molar refractivity (Wildman–Crippen MR) is 49.8 cm³/mol. The third kappa shape index (κ3) is 2.19. The van der Waals surface area contributed by atoms with Crippen LogP contribution in [0, 0.1) is 5.82 Å². The third-order valence-electron chi connectivity index (χ3n) is 1.46. The lowest BCUT2D eigenvalue weighted by atomic mass is 10.1. The molecule has 0 aliphatic rings. The van der Waals surface area contributed by atoms with E-state index < -0.39 is 11.9 Å². The summed E-state index contributed by atoms with van der Waals surface area (Å²) in [6.07, 6.45) is -0.941. The van der Waals surface area contributed by atoms with Gasteiger partial charge < -0.3 is 5.11 Å². The number of hydrogen-bond donors (Lipinski definition) is 1. The zero-order valence-corrected chi connectivity index (χ0v) is 8.44. The Morgan fingerprint density at radius 2 is 2.25 bits per heavy atom. The quantitative estimate of drug-likeness (QED) is 0.804. The summed E-state index contributed by atoms with van der Waals surface area (Å²) in [4.78, 5) is 0. The van der Waals surface area contributed by atoms with Crippen molar-refractivity contribution in [3.8, 4) is 0 Å². The molecule has 1 atom stereocenters. The monoisotopic (exact) mass is 252 g/mol. The first-order valence-electron chi connectivity index (χ1n) is 3.34. The van der Waals surface area contributed by atoms with Gasteiger partial charge in [-0.3, -0.25) is 0 Å². The number of alkyl halides is 1. The molecule has 1 aromatic rings. The molecule has 1 aromatic carbocycles. The predicted octanol–water partition coefficient (Wildman–Crippen LogP) is 2.86. The summed E-state index contributed by atoms with van der Waals surface area (Å²) in [6.45, 7) is 0. The molecule has 1 rings (SSSR count). The Balaban J connectivity index is 3.04. The van der Waals surface area contributed by atoms with Crippen LogP contribution in [-0.4, -0.2) is 11.0 Å². The molecule has 0 spiro atoms. The van der Waals surface area contributed by atoms with Gasteiger partial charge in [0.05, 0.1) is 12.0 Å². The lowest BCUT2D eigenvalue weighted by Gasteiger charge is -2.08. The molecule has 1 N–H and O–H groups in total. The maximum atomic E-state index is 13.0. The first-order chi connectivity index (χ1) is 5.65. The van der Waals surface area contributed by atoms with Crippen molar-refractivity contribution in [1.29, 1.82) is 0 Å². The fourth-order valence-corrected chi connectivity index (χ4v) is 1.40. The van der Waals surface area contributed by atoms with Crippen LogP contribution in [0.25, 0.3) is 0 Å². The Kier molecular flexibility index (Phi) is 3.50. The van der Waals surface area contributed by atoms with Crippen molar-refractivity contribution in [2.24, 2.45) is 0 Å². The number of aliphatic hydroxyl groups excluding tert-OH is 1. The van der Waals surface area contributed by atoms with Crippen LogP contribution in [-0.2, 0) is 0 Å². The van der Waals surface area contributed by atoms with Crippen LogP contribution in [0.2, 0.25) is 0 Å². The molecule has 1 nitrogen and oxygen atoms in total. The number of aliphatic hydroxyl groups is 1. The van der Waals surface area contributed by atoms with E-state index in [1.807, 2.05) is 0 Å². The van der Waals surface area contributed by atoms with Gasteiger partial charge in [-0.25, -0.2) is 4.39 Å². The Labute approximate surface area is 83.3 Å². The van der Waals surface area contributed by atoms with E-state index in [0.29, 0.717) is 0 Å². The zero-order chi connectivity index (χ0) is 9.14. The molecule has 0 saturated carbocycles. The van der Waals surface area contributed by atoms with Crippen molar-refractivity contribution in [3.05, 3.63) is 34.1 Å². The Morgan fingerprint density at radius 3 is 2.83 bits per heavy atom. The van der Waals surface area contributed by atoms with Gasteiger partial charge in [-0.1, -0.05) is 15.9 Å². The van der Waals surface area contributed by atoms with Gasteiger partial charge in [0.15, 0.2) is 0 Å². The summed E-state index contributed by atoms with van der Waals surface area (Å²) < 4.78 is 13.7. The highest BCUT2D eigenvalue weighted by molar-refractivity contribution is 9.10. The minimum Gasteiger partial charge on any atom is -0.387 e. The number of hydrogen-bond acceptors (Lipinski definition) is 1. The van der Waals surface area contributed by atoms with E-state index in [-0.39, 0.29) is 11.4 Å². The van der Waals surface area contributed by atoms with Gasteiger partial charge in [-0.15, -0.1) is 11.6 Å². The van der Waals surface area contributed by atoms with Gasteiger partial charge in [0, 0.05) is 10.0 Å². The van der Waals surface area contributed by atoms with Gasteiger partial charge >= 0.3 is 0 Å². The van der Waals surface area contributed by atoms with Gasteiger partial charge in [0.25, 0.3) is 0 Å². The number of rotatable bonds is 2. The van der Waals surface area contributed by atoms with E-state index in [1.165, 1.54) is 12.1 Å². The highest BCUT2D eigenvalue weighted by Crippen LogP contribution is 2.22. The van der Waals surface area contributed by atoms with E-state index in [4.69, 9.17) is 11.6 Å². The molecule has 0 saturated heterocycles. The van der Waals surface area contributed by atoms with Crippen molar-refractivity contribution in [2.75, 3.05) is 5.88 Å². The molecule has 0 amide bonds. The van der Waals surface area contributed by atoms with Crippen LogP contribution in [0.4, 0.5) is 4.39 Å². The number of halogens is 3. The first-order valence-corrected chi connectivity index (χ1v) is 4.67. The summed E-state index contributed by atoms with van der Waals surface area (Å²) >= 11 is 8.55. The smallest absolute Gasteiger partial charge is 0.129 e. The maximum Gasteiger partial charge on any atom is 0.129 e. The molecule has 0 bridgehead atoms. The molecular formula is C8H7BrClFO. The average molecular weight is 253 g/mol. The molecule has 4 heteroatoms. The Morgan fingerprint density at radius 1 is 1.58 bits per heavy atom.